The van der Waals surface area contributed by atoms with Gasteiger partial charge in [-0.3, -0.25) is 0 Å². The molecule has 114 valence electrons. The maximum Gasteiger partial charge on any atom is 0.161 e. The van der Waals surface area contributed by atoms with Crippen molar-refractivity contribution in [2.75, 3.05) is 13.7 Å². The van der Waals surface area contributed by atoms with Crippen molar-refractivity contribution in [2.45, 2.75) is 33.4 Å². The number of hydrogen-bond donors (Lipinski definition) is 1. The quantitative estimate of drug-likeness (QED) is 0.753. The summed E-state index contributed by atoms with van der Waals surface area (Å²) in [5.41, 5.74) is 1.18. The van der Waals surface area contributed by atoms with Crippen molar-refractivity contribution >= 4 is 0 Å². The van der Waals surface area contributed by atoms with E-state index in [0.717, 1.165) is 42.5 Å². The van der Waals surface area contributed by atoms with Crippen LogP contribution in [0, 0.1) is 6.92 Å². The number of aryl methyl sites for hydroxylation is 1. The van der Waals surface area contributed by atoms with E-state index in [1.54, 1.807) is 7.11 Å². The molecule has 0 saturated carbocycles. The first-order valence-electron chi connectivity index (χ1n) is 7.29. The number of benzene rings is 1. The van der Waals surface area contributed by atoms with Gasteiger partial charge in [-0.15, -0.1) is 0 Å². The molecule has 0 aliphatic heterocycles. The molecule has 4 heteroatoms. The molecule has 2 rings (SSSR count). The number of furan rings is 1. The molecule has 0 fully saturated rings. The fraction of sp³-hybridized carbons (Fsp3) is 0.412. The highest BCUT2D eigenvalue weighted by Gasteiger charge is 2.09. The average molecular weight is 289 g/mol. The highest BCUT2D eigenvalue weighted by Crippen LogP contribution is 2.27. The minimum atomic E-state index is 0.398. The standard InChI is InChI=1S/C17H23NO3/c1-4-9-18-11-14-10-15(21-13(14)2)12-20-17-8-6-5-7-16(17)19-3/h5-8,10,18H,4,9,11-12H2,1-3H3. The second kappa shape index (κ2) is 7.74. The molecule has 0 aliphatic carbocycles. The second-order valence-electron chi connectivity index (χ2n) is 4.91. The molecule has 1 aromatic heterocycles. The van der Waals surface area contributed by atoms with Crippen molar-refractivity contribution in [3.05, 3.63) is 47.4 Å². The summed E-state index contributed by atoms with van der Waals surface area (Å²) in [6, 6.07) is 9.65. The van der Waals surface area contributed by atoms with Gasteiger partial charge in [-0.2, -0.15) is 0 Å². The number of para-hydroxylation sites is 2. The number of ether oxygens (including phenoxy) is 2. The van der Waals surface area contributed by atoms with Gasteiger partial charge in [0.2, 0.25) is 0 Å². The Morgan fingerprint density at radius 1 is 1.19 bits per heavy atom. The van der Waals surface area contributed by atoms with Crippen LogP contribution in [0.5, 0.6) is 11.5 Å². The van der Waals surface area contributed by atoms with Crippen molar-refractivity contribution in [2.24, 2.45) is 0 Å². The molecule has 1 N–H and O–H groups in total. The second-order valence-corrected chi connectivity index (χ2v) is 4.91. The largest absolute Gasteiger partial charge is 0.493 e. The highest BCUT2D eigenvalue weighted by atomic mass is 16.5. The van der Waals surface area contributed by atoms with E-state index in [1.807, 2.05) is 37.3 Å². The van der Waals surface area contributed by atoms with Crippen molar-refractivity contribution < 1.29 is 13.9 Å². The van der Waals surface area contributed by atoms with Gasteiger partial charge >= 0.3 is 0 Å². The smallest absolute Gasteiger partial charge is 0.161 e. The van der Waals surface area contributed by atoms with Gasteiger partial charge in [0.05, 0.1) is 7.11 Å². The van der Waals surface area contributed by atoms with E-state index in [2.05, 4.69) is 12.2 Å². The van der Waals surface area contributed by atoms with Crippen LogP contribution in [0.25, 0.3) is 0 Å². The molecule has 0 radical (unpaired) electrons. The molecule has 1 aromatic carbocycles. The van der Waals surface area contributed by atoms with Crippen LogP contribution in [0.15, 0.2) is 34.7 Å². The molecule has 0 aliphatic rings. The number of rotatable bonds is 8. The summed E-state index contributed by atoms with van der Waals surface area (Å²) in [4.78, 5) is 0. The zero-order chi connectivity index (χ0) is 15.1. The Bertz CT molecular complexity index is 563. The first-order chi connectivity index (χ1) is 10.2. The Kier molecular flexibility index (Phi) is 5.69. The van der Waals surface area contributed by atoms with E-state index in [1.165, 1.54) is 5.56 Å². The first-order valence-corrected chi connectivity index (χ1v) is 7.29. The van der Waals surface area contributed by atoms with Gasteiger partial charge in [0.1, 0.15) is 18.1 Å². The molecule has 21 heavy (non-hydrogen) atoms. The Balaban J connectivity index is 1.95. The Labute approximate surface area is 126 Å². The molecular formula is C17H23NO3. The molecule has 0 bridgehead atoms. The van der Waals surface area contributed by atoms with E-state index >= 15 is 0 Å². The van der Waals surface area contributed by atoms with Crippen LogP contribution in [0.3, 0.4) is 0 Å². The van der Waals surface area contributed by atoms with Gasteiger partial charge < -0.3 is 19.2 Å². The zero-order valence-electron chi connectivity index (χ0n) is 12.9. The fourth-order valence-corrected chi connectivity index (χ4v) is 2.12. The van der Waals surface area contributed by atoms with E-state index in [-0.39, 0.29) is 0 Å². The van der Waals surface area contributed by atoms with Crippen molar-refractivity contribution in [3.8, 4) is 11.5 Å². The number of hydrogen-bond acceptors (Lipinski definition) is 4. The highest BCUT2D eigenvalue weighted by molar-refractivity contribution is 5.39. The van der Waals surface area contributed by atoms with Crippen molar-refractivity contribution in [3.63, 3.8) is 0 Å². The lowest BCUT2D eigenvalue weighted by Crippen LogP contribution is -2.13. The molecule has 0 unspecified atom stereocenters. The topological polar surface area (TPSA) is 43.6 Å². The maximum atomic E-state index is 5.77. The predicted molar refractivity (Wildman–Crippen MR) is 82.8 cm³/mol. The monoisotopic (exact) mass is 289 g/mol. The van der Waals surface area contributed by atoms with Crippen LogP contribution >= 0.6 is 0 Å². The summed E-state index contributed by atoms with van der Waals surface area (Å²) in [5.74, 6) is 3.22. The number of methoxy groups -OCH3 is 1. The van der Waals surface area contributed by atoms with Gasteiger partial charge in [0.25, 0.3) is 0 Å². The van der Waals surface area contributed by atoms with Gasteiger partial charge in [-0.1, -0.05) is 19.1 Å². The Morgan fingerprint density at radius 2 is 1.95 bits per heavy atom. The van der Waals surface area contributed by atoms with Crippen LogP contribution in [0.1, 0.15) is 30.4 Å². The van der Waals surface area contributed by atoms with Gasteiger partial charge in [-0.25, -0.2) is 0 Å². The van der Waals surface area contributed by atoms with E-state index in [0.29, 0.717) is 6.61 Å². The molecule has 0 saturated heterocycles. The summed E-state index contributed by atoms with van der Waals surface area (Å²) < 4.78 is 16.8. The van der Waals surface area contributed by atoms with Crippen LogP contribution in [0.2, 0.25) is 0 Å². The van der Waals surface area contributed by atoms with Crippen molar-refractivity contribution in [1.82, 2.24) is 5.32 Å². The number of nitrogens with one attached hydrogen (secondary N) is 1. The predicted octanol–water partition coefficient (Wildman–Crippen LogP) is 3.68. The summed E-state index contributed by atoms with van der Waals surface area (Å²) in [5, 5.41) is 3.38. The summed E-state index contributed by atoms with van der Waals surface area (Å²) in [7, 11) is 1.64. The first kappa shape index (κ1) is 15.4. The van der Waals surface area contributed by atoms with E-state index in [9.17, 15) is 0 Å². The average Bonchev–Trinajstić information content (AvgIpc) is 2.86. The lowest BCUT2D eigenvalue weighted by Gasteiger charge is -2.08. The van der Waals surface area contributed by atoms with Crippen LogP contribution in [-0.4, -0.2) is 13.7 Å². The van der Waals surface area contributed by atoms with Gasteiger partial charge in [0.15, 0.2) is 11.5 Å². The lowest BCUT2D eigenvalue weighted by molar-refractivity contribution is 0.254. The third kappa shape index (κ3) is 4.26. The summed E-state index contributed by atoms with van der Waals surface area (Å²) in [6.45, 7) is 6.38. The van der Waals surface area contributed by atoms with Gasteiger partial charge in [0, 0.05) is 12.1 Å². The normalized spacial score (nSPS) is 10.6. The van der Waals surface area contributed by atoms with E-state index in [4.69, 9.17) is 13.9 Å². The third-order valence-electron chi connectivity index (χ3n) is 3.25. The minimum Gasteiger partial charge on any atom is -0.493 e. The molecule has 2 aromatic rings. The Hall–Kier alpha value is -1.94. The van der Waals surface area contributed by atoms with Crippen LogP contribution in [-0.2, 0) is 13.2 Å². The fourth-order valence-electron chi connectivity index (χ4n) is 2.12. The molecule has 0 spiro atoms. The molecule has 1 heterocycles. The lowest BCUT2D eigenvalue weighted by atomic mass is 10.2. The minimum absolute atomic E-state index is 0.398. The molecular weight excluding hydrogens is 266 g/mol. The third-order valence-corrected chi connectivity index (χ3v) is 3.25. The molecule has 0 amide bonds. The van der Waals surface area contributed by atoms with E-state index < -0.39 is 0 Å². The molecule has 0 atom stereocenters. The van der Waals surface area contributed by atoms with Crippen molar-refractivity contribution in [1.29, 1.82) is 0 Å². The summed E-state index contributed by atoms with van der Waals surface area (Å²) >= 11 is 0. The Morgan fingerprint density at radius 3 is 2.67 bits per heavy atom. The summed E-state index contributed by atoms with van der Waals surface area (Å²) in [6.07, 6.45) is 1.13. The molecule has 4 nitrogen and oxygen atoms in total. The zero-order valence-corrected chi connectivity index (χ0v) is 12.9. The van der Waals surface area contributed by atoms with Crippen LogP contribution < -0.4 is 14.8 Å². The SMILES string of the molecule is CCCNCc1cc(COc2ccccc2OC)oc1C. The van der Waals surface area contributed by atoms with Crippen LogP contribution in [0.4, 0.5) is 0 Å². The maximum absolute atomic E-state index is 5.77. The van der Waals surface area contributed by atoms with Gasteiger partial charge in [-0.05, 0) is 38.1 Å².